The molecule has 1 atom stereocenters. The van der Waals surface area contributed by atoms with Crippen LogP contribution in [-0.2, 0) is 11.2 Å². The van der Waals surface area contributed by atoms with Gasteiger partial charge in [-0.25, -0.2) is 4.98 Å². The van der Waals surface area contributed by atoms with Gasteiger partial charge >= 0.3 is 0 Å². The summed E-state index contributed by atoms with van der Waals surface area (Å²) < 4.78 is 2.02. The number of rotatable bonds is 4. The standard InChI is InChI=1S/C17H22N4O/c22-16(14-11-17(14)5-8-18-9-6-17)19-7-4-13-12-21-10-2-1-3-15(21)20-13/h1-3,10,12,14,18H,4-9,11H2,(H,19,22). The Bertz CT molecular complexity index is 654. The topological polar surface area (TPSA) is 58.4 Å². The van der Waals surface area contributed by atoms with Crippen molar-refractivity contribution in [3.63, 3.8) is 0 Å². The lowest BCUT2D eigenvalue weighted by Gasteiger charge is -2.23. The number of amides is 1. The molecule has 2 fully saturated rings. The fourth-order valence-corrected chi connectivity index (χ4v) is 3.74. The van der Waals surface area contributed by atoms with Crippen molar-refractivity contribution in [1.82, 2.24) is 20.0 Å². The van der Waals surface area contributed by atoms with Gasteiger partial charge in [0.15, 0.2) is 0 Å². The minimum Gasteiger partial charge on any atom is -0.355 e. The monoisotopic (exact) mass is 298 g/mol. The molecule has 0 aromatic carbocycles. The van der Waals surface area contributed by atoms with E-state index in [2.05, 4.69) is 15.6 Å². The number of nitrogens with zero attached hydrogens (tertiary/aromatic N) is 2. The summed E-state index contributed by atoms with van der Waals surface area (Å²) in [6.07, 6.45) is 8.20. The quantitative estimate of drug-likeness (QED) is 0.896. The van der Waals surface area contributed by atoms with Gasteiger partial charge in [-0.15, -0.1) is 0 Å². The Hall–Kier alpha value is -1.88. The maximum atomic E-state index is 12.3. The molecule has 1 aliphatic carbocycles. The summed E-state index contributed by atoms with van der Waals surface area (Å²) in [4.78, 5) is 16.8. The van der Waals surface area contributed by atoms with Crippen molar-refractivity contribution in [3.8, 4) is 0 Å². The second-order valence-corrected chi connectivity index (χ2v) is 6.61. The highest BCUT2D eigenvalue weighted by molar-refractivity contribution is 5.82. The van der Waals surface area contributed by atoms with E-state index in [1.54, 1.807) is 0 Å². The Morgan fingerprint density at radius 1 is 1.41 bits per heavy atom. The van der Waals surface area contributed by atoms with Crippen LogP contribution in [0.25, 0.3) is 5.65 Å². The molecule has 22 heavy (non-hydrogen) atoms. The van der Waals surface area contributed by atoms with E-state index < -0.39 is 0 Å². The number of carbonyl (C=O) groups excluding carboxylic acids is 1. The van der Waals surface area contributed by atoms with Gasteiger partial charge in [-0.2, -0.15) is 0 Å². The lowest BCUT2D eigenvalue weighted by Crippen LogP contribution is -2.34. The largest absolute Gasteiger partial charge is 0.355 e. The van der Waals surface area contributed by atoms with E-state index in [-0.39, 0.29) is 11.8 Å². The van der Waals surface area contributed by atoms with E-state index in [4.69, 9.17) is 0 Å². The third kappa shape index (κ3) is 2.50. The predicted octanol–water partition coefficient (Wildman–Crippen LogP) is 1.38. The van der Waals surface area contributed by atoms with E-state index in [1.165, 1.54) is 0 Å². The highest BCUT2D eigenvalue weighted by Gasteiger charge is 2.57. The number of carbonyl (C=O) groups is 1. The van der Waals surface area contributed by atoms with Gasteiger partial charge < -0.3 is 15.0 Å². The molecule has 4 rings (SSSR count). The average Bonchev–Trinajstić information content (AvgIpc) is 3.06. The number of hydrogen-bond acceptors (Lipinski definition) is 3. The zero-order chi connectivity index (χ0) is 15.0. The number of fused-ring (bicyclic) bond motifs is 1. The van der Waals surface area contributed by atoms with Gasteiger partial charge in [0.25, 0.3) is 0 Å². The summed E-state index contributed by atoms with van der Waals surface area (Å²) in [6.45, 7) is 2.80. The van der Waals surface area contributed by atoms with Crippen LogP contribution in [0.1, 0.15) is 25.0 Å². The van der Waals surface area contributed by atoms with Crippen LogP contribution in [-0.4, -0.2) is 34.9 Å². The molecule has 2 aromatic heterocycles. The maximum absolute atomic E-state index is 12.3. The molecule has 1 aliphatic heterocycles. The molecule has 0 radical (unpaired) electrons. The molecule has 2 aliphatic rings. The van der Waals surface area contributed by atoms with Gasteiger partial charge in [0.2, 0.25) is 5.91 Å². The molecular weight excluding hydrogens is 276 g/mol. The summed E-state index contributed by atoms with van der Waals surface area (Å²) in [5.41, 5.74) is 2.30. The first-order valence-corrected chi connectivity index (χ1v) is 8.18. The third-order valence-corrected chi connectivity index (χ3v) is 5.20. The van der Waals surface area contributed by atoms with Crippen LogP contribution in [0.3, 0.4) is 0 Å². The van der Waals surface area contributed by atoms with Gasteiger partial charge in [-0.05, 0) is 49.9 Å². The Kier molecular flexibility index (Phi) is 3.37. The average molecular weight is 298 g/mol. The van der Waals surface area contributed by atoms with Crippen molar-refractivity contribution >= 4 is 11.6 Å². The predicted molar refractivity (Wildman–Crippen MR) is 84.5 cm³/mol. The first kappa shape index (κ1) is 13.8. The molecule has 116 valence electrons. The van der Waals surface area contributed by atoms with Gasteiger partial charge in [0.1, 0.15) is 5.65 Å². The number of nitrogens with one attached hydrogen (secondary N) is 2. The number of hydrogen-bond donors (Lipinski definition) is 2. The van der Waals surface area contributed by atoms with E-state index in [9.17, 15) is 4.79 Å². The van der Waals surface area contributed by atoms with E-state index >= 15 is 0 Å². The number of pyridine rings is 1. The number of piperidine rings is 1. The van der Waals surface area contributed by atoms with E-state index in [0.717, 1.165) is 50.1 Å². The maximum Gasteiger partial charge on any atom is 0.223 e. The van der Waals surface area contributed by atoms with Crippen molar-refractivity contribution in [3.05, 3.63) is 36.3 Å². The van der Waals surface area contributed by atoms with Crippen LogP contribution >= 0.6 is 0 Å². The molecular formula is C17H22N4O. The van der Waals surface area contributed by atoms with Crippen LogP contribution in [0.4, 0.5) is 0 Å². The Balaban J connectivity index is 1.29. The minimum atomic E-state index is 0.241. The SMILES string of the molecule is O=C(NCCc1cn2ccccc2n1)C1CC12CCNCC2. The molecule has 1 amide bonds. The summed E-state index contributed by atoms with van der Waals surface area (Å²) in [5.74, 6) is 0.487. The molecule has 1 saturated carbocycles. The lowest BCUT2D eigenvalue weighted by atomic mass is 9.92. The molecule has 1 unspecified atom stereocenters. The first-order valence-electron chi connectivity index (χ1n) is 8.18. The van der Waals surface area contributed by atoms with Crippen molar-refractivity contribution < 1.29 is 4.79 Å². The first-order chi connectivity index (χ1) is 10.8. The summed E-state index contributed by atoms with van der Waals surface area (Å²) in [7, 11) is 0. The number of imidazole rings is 1. The fraction of sp³-hybridized carbons (Fsp3) is 0.529. The zero-order valence-electron chi connectivity index (χ0n) is 12.7. The second kappa shape index (κ2) is 5.39. The van der Waals surface area contributed by atoms with Crippen LogP contribution in [0.15, 0.2) is 30.6 Å². The van der Waals surface area contributed by atoms with Gasteiger partial charge in [-0.3, -0.25) is 4.79 Å². The van der Waals surface area contributed by atoms with Crippen LogP contribution in [0, 0.1) is 11.3 Å². The summed E-state index contributed by atoms with van der Waals surface area (Å²) in [5, 5.41) is 6.48. The zero-order valence-corrected chi connectivity index (χ0v) is 12.7. The Morgan fingerprint density at radius 3 is 3.09 bits per heavy atom. The van der Waals surface area contributed by atoms with E-state index in [1.807, 2.05) is 35.0 Å². The molecule has 3 heterocycles. The van der Waals surface area contributed by atoms with Gasteiger partial charge in [0, 0.05) is 31.3 Å². The molecule has 1 saturated heterocycles. The smallest absolute Gasteiger partial charge is 0.223 e. The lowest BCUT2D eigenvalue weighted by molar-refractivity contribution is -0.123. The van der Waals surface area contributed by atoms with Crippen molar-refractivity contribution in [1.29, 1.82) is 0 Å². The van der Waals surface area contributed by atoms with Crippen LogP contribution in [0.2, 0.25) is 0 Å². The third-order valence-electron chi connectivity index (χ3n) is 5.20. The summed E-state index contributed by atoms with van der Waals surface area (Å²) >= 11 is 0. The normalized spacial score (nSPS) is 22.8. The van der Waals surface area contributed by atoms with Crippen LogP contribution < -0.4 is 10.6 Å². The Labute approximate surface area is 130 Å². The summed E-state index contributed by atoms with van der Waals surface area (Å²) in [6, 6.07) is 5.97. The second-order valence-electron chi connectivity index (χ2n) is 6.61. The molecule has 0 bridgehead atoms. The molecule has 2 aromatic rings. The minimum absolute atomic E-state index is 0.241. The fourth-order valence-electron chi connectivity index (χ4n) is 3.74. The molecule has 2 N–H and O–H groups in total. The molecule has 5 nitrogen and oxygen atoms in total. The Morgan fingerprint density at radius 2 is 2.27 bits per heavy atom. The number of aromatic nitrogens is 2. The van der Waals surface area contributed by atoms with Gasteiger partial charge in [0.05, 0.1) is 5.69 Å². The molecule has 5 heteroatoms. The molecule has 1 spiro atoms. The van der Waals surface area contributed by atoms with Gasteiger partial charge in [-0.1, -0.05) is 6.07 Å². The van der Waals surface area contributed by atoms with Crippen molar-refractivity contribution in [2.75, 3.05) is 19.6 Å². The highest BCUT2D eigenvalue weighted by atomic mass is 16.2. The van der Waals surface area contributed by atoms with Crippen LogP contribution in [0.5, 0.6) is 0 Å². The van der Waals surface area contributed by atoms with E-state index in [0.29, 0.717) is 12.0 Å². The highest BCUT2D eigenvalue weighted by Crippen LogP contribution is 2.58. The van der Waals surface area contributed by atoms with Crippen molar-refractivity contribution in [2.45, 2.75) is 25.7 Å². The van der Waals surface area contributed by atoms with Crippen molar-refractivity contribution in [2.24, 2.45) is 11.3 Å².